The first kappa shape index (κ1) is 63.4. The van der Waals surface area contributed by atoms with Gasteiger partial charge in [-0.25, -0.2) is 29.3 Å². The molecule has 2 saturated heterocycles. The number of carbonyl (C=O) groups is 2. The fourth-order valence-corrected chi connectivity index (χ4v) is 10.7. The lowest BCUT2D eigenvalue weighted by molar-refractivity contribution is -0.116. The number of rotatable bonds is 22. The van der Waals surface area contributed by atoms with Crippen LogP contribution in [0.4, 0.5) is 23.0 Å². The van der Waals surface area contributed by atoms with Crippen molar-refractivity contribution >= 4 is 56.9 Å². The number of nitrogens with two attached hydrogens (primary N) is 2. The van der Waals surface area contributed by atoms with Gasteiger partial charge in [-0.2, -0.15) is 10.2 Å². The molecule has 0 aliphatic carbocycles. The smallest absolute Gasteiger partial charge is 0.230 e. The number of hydrogen-bond donors (Lipinski definition) is 4. The molecule has 5 aromatic heterocycles. The molecule has 2 fully saturated rings. The van der Waals surface area contributed by atoms with Gasteiger partial charge >= 0.3 is 0 Å². The van der Waals surface area contributed by atoms with E-state index in [4.69, 9.17) is 59.3 Å². The largest absolute Gasteiger partial charge is 0.494 e. The third-order valence-corrected chi connectivity index (χ3v) is 15.5. The molecule has 0 saturated carbocycles. The first-order chi connectivity index (χ1) is 44.7. The van der Waals surface area contributed by atoms with Crippen LogP contribution in [0, 0.1) is 0 Å². The molecule has 25 nitrogen and oxygen atoms in total. The number of nitrogens with zero attached hydrogens (tertiary/aromatic N) is 11. The number of morpholine rings is 2. The Morgan fingerprint density at radius 2 is 1.03 bits per heavy atom. The Kier molecular flexibility index (Phi) is 20.1. The van der Waals surface area contributed by atoms with E-state index in [1.807, 2.05) is 124 Å². The normalized spacial score (nSPS) is 13.7. The van der Waals surface area contributed by atoms with Crippen LogP contribution < -0.4 is 45.8 Å². The monoisotopic (exact) mass is 1250 g/mol. The number of aromatic nitrogens is 9. The number of anilines is 4. The number of nitrogens with one attached hydrogen (secondary N) is 2. The van der Waals surface area contributed by atoms with Gasteiger partial charge in [0.05, 0.1) is 95.0 Å². The molecule has 10 aromatic rings. The fraction of sp³-hybridized carbons (Fsp3) is 0.328. The van der Waals surface area contributed by atoms with E-state index in [0.717, 1.165) is 112 Å². The summed E-state index contributed by atoms with van der Waals surface area (Å²) in [6.45, 7) is 16.1. The van der Waals surface area contributed by atoms with Crippen molar-refractivity contribution in [2.45, 2.75) is 45.4 Å². The molecule has 25 heteroatoms. The summed E-state index contributed by atoms with van der Waals surface area (Å²) in [5.74, 6) is 4.04. The molecule has 6 N–H and O–H groups in total. The third kappa shape index (κ3) is 15.3. The van der Waals surface area contributed by atoms with Crippen molar-refractivity contribution in [1.29, 1.82) is 0 Å². The van der Waals surface area contributed by atoms with Crippen LogP contribution in [0.2, 0.25) is 0 Å². The third-order valence-electron chi connectivity index (χ3n) is 15.5. The van der Waals surface area contributed by atoms with Gasteiger partial charge in [0.25, 0.3) is 0 Å². The van der Waals surface area contributed by atoms with E-state index < -0.39 is 0 Å². The molecule has 0 spiro atoms. The predicted octanol–water partition coefficient (Wildman–Crippen LogP) is 8.62. The minimum Gasteiger partial charge on any atom is -0.494 e. The summed E-state index contributed by atoms with van der Waals surface area (Å²) in [6.07, 6.45) is 4.02. The van der Waals surface area contributed by atoms with Crippen molar-refractivity contribution in [3.63, 3.8) is 0 Å². The quantitative estimate of drug-likeness (QED) is 0.0462. The summed E-state index contributed by atoms with van der Waals surface area (Å²) >= 11 is 0. The maximum Gasteiger partial charge on any atom is 0.230 e. The SMILES string of the molecule is CC(C)(C)c1cc(CC(=O)Nc2ccc(-n3nc(-c4ccc(OCCCN5CCOCC5)cc4)c4c(N)ncnc43)cc2)no1.COc1cc(CC(=O)Nc2ccc(-n3nc(-c4ccc(OCCN5CCOCC5)cc4)c4c(N)ncnc43)cc2)cc(OC)c1OC. The van der Waals surface area contributed by atoms with Gasteiger partial charge in [0.15, 0.2) is 22.8 Å². The van der Waals surface area contributed by atoms with Crippen molar-refractivity contribution < 1.29 is 47.3 Å². The zero-order valence-electron chi connectivity index (χ0n) is 52.4. The highest BCUT2D eigenvalue weighted by Gasteiger charge is 2.24. The molecule has 0 unspecified atom stereocenters. The van der Waals surface area contributed by atoms with Crippen molar-refractivity contribution in [1.82, 2.24) is 54.5 Å². The summed E-state index contributed by atoms with van der Waals surface area (Å²) < 4.78 is 47.8. The first-order valence-corrected chi connectivity index (χ1v) is 30.3. The highest BCUT2D eigenvalue weighted by atomic mass is 16.5. The van der Waals surface area contributed by atoms with Gasteiger partial charge < -0.3 is 59.8 Å². The maximum atomic E-state index is 12.9. The molecular formula is C67H75N15O10. The van der Waals surface area contributed by atoms with Crippen LogP contribution >= 0.6 is 0 Å². The zero-order valence-corrected chi connectivity index (χ0v) is 52.4. The summed E-state index contributed by atoms with van der Waals surface area (Å²) in [6, 6.07) is 35.6. The molecule has 0 atom stereocenters. The minimum atomic E-state index is -0.201. The summed E-state index contributed by atoms with van der Waals surface area (Å²) in [7, 11) is 4.61. The summed E-state index contributed by atoms with van der Waals surface area (Å²) in [4.78, 5) is 47.8. The van der Waals surface area contributed by atoms with Crippen LogP contribution in [0.1, 0.15) is 44.2 Å². The van der Waals surface area contributed by atoms with Crippen LogP contribution in [0.3, 0.4) is 0 Å². The summed E-state index contributed by atoms with van der Waals surface area (Å²) in [5.41, 5.74) is 20.8. The van der Waals surface area contributed by atoms with E-state index in [9.17, 15) is 9.59 Å². The summed E-state index contributed by atoms with van der Waals surface area (Å²) in [5, 5.41) is 21.0. The second kappa shape index (κ2) is 29.2. The van der Waals surface area contributed by atoms with E-state index >= 15 is 0 Å². The zero-order chi connectivity index (χ0) is 64.1. The Morgan fingerprint density at radius 1 is 0.565 bits per heavy atom. The molecule has 478 valence electrons. The number of ether oxygens (including phenoxy) is 7. The molecule has 2 aliphatic heterocycles. The Morgan fingerprint density at radius 3 is 1.49 bits per heavy atom. The number of methoxy groups -OCH3 is 3. The second-order valence-electron chi connectivity index (χ2n) is 23.0. The Hall–Kier alpha value is -10.2. The van der Waals surface area contributed by atoms with E-state index in [1.54, 1.807) is 21.5 Å². The lowest BCUT2D eigenvalue weighted by Crippen LogP contribution is -2.38. The van der Waals surface area contributed by atoms with Crippen molar-refractivity contribution in [2.75, 3.05) is 122 Å². The topological polar surface area (TPSA) is 295 Å². The van der Waals surface area contributed by atoms with Crippen LogP contribution in [-0.2, 0) is 37.3 Å². The van der Waals surface area contributed by atoms with Gasteiger partial charge in [0, 0.05) is 73.3 Å². The average Bonchev–Trinajstić information content (AvgIpc) is 1.62. The number of benzene rings is 5. The number of carbonyl (C=O) groups excluding carboxylic acids is 2. The van der Waals surface area contributed by atoms with E-state index in [0.29, 0.717) is 98.2 Å². The van der Waals surface area contributed by atoms with Gasteiger partial charge in [-0.3, -0.25) is 19.4 Å². The highest BCUT2D eigenvalue weighted by molar-refractivity contribution is 6.00. The van der Waals surface area contributed by atoms with Gasteiger partial charge in [-0.1, -0.05) is 25.9 Å². The van der Waals surface area contributed by atoms with Gasteiger partial charge in [0.2, 0.25) is 17.6 Å². The lowest BCUT2D eigenvalue weighted by Gasteiger charge is -2.26. The second-order valence-corrected chi connectivity index (χ2v) is 23.0. The lowest BCUT2D eigenvalue weighted by atomic mass is 9.93. The van der Waals surface area contributed by atoms with Crippen LogP contribution in [-0.4, -0.2) is 167 Å². The Bertz CT molecular complexity index is 4090. The maximum absolute atomic E-state index is 12.9. The predicted molar refractivity (Wildman–Crippen MR) is 349 cm³/mol. The molecule has 7 heterocycles. The van der Waals surface area contributed by atoms with E-state index in [1.165, 1.54) is 34.0 Å². The van der Waals surface area contributed by atoms with Crippen molar-refractivity contribution in [3.05, 3.63) is 145 Å². The Balaban J connectivity index is 0.000000189. The molecule has 0 radical (unpaired) electrons. The number of amides is 2. The number of hydrogen-bond acceptors (Lipinski definition) is 21. The van der Waals surface area contributed by atoms with Crippen LogP contribution in [0.15, 0.2) is 132 Å². The molecular weight excluding hydrogens is 1170 g/mol. The van der Waals surface area contributed by atoms with E-state index in [-0.39, 0.29) is 30.1 Å². The van der Waals surface area contributed by atoms with Gasteiger partial charge in [-0.05, 0) is 121 Å². The molecule has 12 rings (SSSR count). The minimum absolute atomic E-state index is 0.111. The number of fused-ring (bicyclic) bond motifs is 2. The number of nitrogen functional groups attached to an aromatic ring is 2. The molecule has 0 bridgehead atoms. The Labute approximate surface area is 531 Å². The van der Waals surface area contributed by atoms with Gasteiger partial charge in [0.1, 0.15) is 59.5 Å². The molecule has 2 aliphatic rings. The highest BCUT2D eigenvalue weighted by Crippen LogP contribution is 2.39. The van der Waals surface area contributed by atoms with Crippen LogP contribution in [0.25, 0.3) is 56.0 Å². The van der Waals surface area contributed by atoms with Gasteiger partial charge in [-0.15, -0.1) is 0 Å². The van der Waals surface area contributed by atoms with Crippen molar-refractivity contribution in [3.8, 4) is 62.6 Å². The molecule has 92 heavy (non-hydrogen) atoms. The first-order valence-electron chi connectivity index (χ1n) is 30.3. The molecule has 5 aromatic carbocycles. The average molecular weight is 1250 g/mol. The fourth-order valence-electron chi connectivity index (χ4n) is 10.7. The van der Waals surface area contributed by atoms with E-state index in [2.05, 4.69) is 45.5 Å². The van der Waals surface area contributed by atoms with Crippen LogP contribution in [0.5, 0.6) is 28.7 Å². The van der Waals surface area contributed by atoms with Crippen molar-refractivity contribution in [2.24, 2.45) is 0 Å². The standard InChI is InChI=1S/C34H37N7O6.C33H38N8O4/c1-43-27-18-22(19-28(44-2)32(27)45-3)20-29(42)38-24-6-8-25(9-7-24)41-34-30(33(35)36-21-37-34)31(39-41)23-4-10-26(11-5-23)47-17-14-40-12-15-46-16-13-40;1-33(2,3)27-19-24(39-45-27)20-28(42)37-23-7-9-25(10-8-23)41-32-29(31(34)35-21-36-32)30(38-41)22-5-11-26(12-6-22)44-16-4-13-40-14-17-43-18-15-40/h4-11,18-19,21H,12-17,20H2,1-3H3,(H,38,42)(H2,35,36,37);5-12,19,21H,4,13-18,20H2,1-3H3,(H,37,42)(H2,34,35,36). The molecule has 2 amide bonds.